The molecule has 1 aliphatic rings. The van der Waals surface area contributed by atoms with E-state index in [1.54, 1.807) is 25.8 Å². The summed E-state index contributed by atoms with van der Waals surface area (Å²) >= 11 is 0. The zero-order valence-corrected chi connectivity index (χ0v) is 10.5. The third kappa shape index (κ3) is 2.95. The van der Waals surface area contributed by atoms with E-state index in [1.807, 2.05) is 0 Å². The Hall–Kier alpha value is -0.610. The van der Waals surface area contributed by atoms with Crippen molar-refractivity contribution < 1.29 is 15.0 Å². The average Bonchev–Trinajstić information content (AvgIpc) is 2.17. The number of nitrogens with zero attached hydrogens (tertiary/aromatic N) is 1. The van der Waals surface area contributed by atoms with Crippen LogP contribution in [0.25, 0.3) is 0 Å². The second-order valence-corrected chi connectivity index (χ2v) is 5.51. The monoisotopic (exact) mass is 229 g/mol. The predicted octanol–water partition coefficient (Wildman–Crippen LogP) is 1.48. The van der Waals surface area contributed by atoms with Crippen molar-refractivity contribution in [3.63, 3.8) is 0 Å². The first-order valence-electron chi connectivity index (χ1n) is 5.95. The van der Waals surface area contributed by atoms with Crippen LogP contribution < -0.4 is 0 Å². The second kappa shape index (κ2) is 4.72. The SMILES string of the molecule is CN(CC1(O)CCCCC1)C(C)(C)C(=O)O. The predicted molar refractivity (Wildman–Crippen MR) is 62.4 cm³/mol. The first-order valence-corrected chi connectivity index (χ1v) is 5.95. The Morgan fingerprint density at radius 1 is 1.31 bits per heavy atom. The summed E-state index contributed by atoms with van der Waals surface area (Å²) < 4.78 is 0. The van der Waals surface area contributed by atoms with Crippen LogP contribution in [0.4, 0.5) is 0 Å². The van der Waals surface area contributed by atoms with E-state index in [-0.39, 0.29) is 0 Å². The van der Waals surface area contributed by atoms with Crippen molar-refractivity contribution >= 4 is 5.97 Å². The highest BCUT2D eigenvalue weighted by atomic mass is 16.4. The zero-order chi connectivity index (χ0) is 12.4. The standard InChI is InChI=1S/C12H23NO3/c1-11(2,10(14)15)13(3)9-12(16)7-5-4-6-8-12/h16H,4-9H2,1-3H3,(H,14,15). The van der Waals surface area contributed by atoms with Gasteiger partial charge in [0.25, 0.3) is 0 Å². The van der Waals surface area contributed by atoms with Crippen molar-refractivity contribution in [2.45, 2.75) is 57.1 Å². The van der Waals surface area contributed by atoms with Gasteiger partial charge in [-0.3, -0.25) is 9.69 Å². The van der Waals surface area contributed by atoms with Gasteiger partial charge in [-0.1, -0.05) is 19.3 Å². The van der Waals surface area contributed by atoms with Gasteiger partial charge < -0.3 is 10.2 Å². The summed E-state index contributed by atoms with van der Waals surface area (Å²) in [4.78, 5) is 12.8. The molecule has 0 aromatic rings. The molecular formula is C12H23NO3. The molecule has 0 atom stereocenters. The van der Waals surface area contributed by atoms with E-state index in [0.29, 0.717) is 6.54 Å². The van der Waals surface area contributed by atoms with Gasteiger partial charge in [-0.2, -0.15) is 0 Å². The molecule has 16 heavy (non-hydrogen) atoms. The number of carboxylic acid groups (broad SMARTS) is 1. The molecule has 0 aromatic heterocycles. The first-order chi connectivity index (χ1) is 7.28. The van der Waals surface area contributed by atoms with E-state index in [9.17, 15) is 9.90 Å². The van der Waals surface area contributed by atoms with Crippen LogP contribution in [0.15, 0.2) is 0 Å². The lowest BCUT2D eigenvalue weighted by Gasteiger charge is -2.40. The van der Waals surface area contributed by atoms with E-state index >= 15 is 0 Å². The Morgan fingerprint density at radius 3 is 2.25 bits per heavy atom. The van der Waals surface area contributed by atoms with Crippen molar-refractivity contribution in [2.24, 2.45) is 0 Å². The quantitative estimate of drug-likeness (QED) is 0.766. The van der Waals surface area contributed by atoms with Gasteiger partial charge in [0.2, 0.25) is 0 Å². The van der Waals surface area contributed by atoms with Crippen molar-refractivity contribution in [1.29, 1.82) is 0 Å². The smallest absolute Gasteiger partial charge is 0.323 e. The summed E-state index contributed by atoms with van der Waals surface area (Å²) in [5.41, 5.74) is -1.62. The summed E-state index contributed by atoms with van der Waals surface area (Å²) in [6, 6.07) is 0. The summed E-state index contributed by atoms with van der Waals surface area (Å²) in [5.74, 6) is -0.852. The molecule has 0 saturated heterocycles. The highest BCUT2D eigenvalue weighted by Crippen LogP contribution is 2.30. The molecule has 0 heterocycles. The number of aliphatic carboxylic acids is 1. The third-order valence-corrected chi connectivity index (χ3v) is 3.79. The fraction of sp³-hybridized carbons (Fsp3) is 0.917. The Labute approximate surface area is 97.3 Å². The van der Waals surface area contributed by atoms with Crippen LogP contribution in [0.5, 0.6) is 0 Å². The molecule has 2 N–H and O–H groups in total. The van der Waals surface area contributed by atoms with Gasteiger partial charge in [0, 0.05) is 6.54 Å². The van der Waals surface area contributed by atoms with Crippen molar-refractivity contribution in [1.82, 2.24) is 4.90 Å². The van der Waals surface area contributed by atoms with Gasteiger partial charge in [-0.15, -0.1) is 0 Å². The lowest BCUT2D eigenvalue weighted by Crippen LogP contribution is -2.54. The average molecular weight is 229 g/mol. The fourth-order valence-electron chi connectivity index (χ4n) is 2.17. The van der Waals surface area contributed by atoms with E-state index in [2.05, 4.69) is 0 Å². The molecule has 1 rings (SSSR count). The third-order valence-electron chi connectivity index (χ3n) is 3.79. The Kier molecular flexibility index (Phi) is 3.97. The van der Waals surface area contributed by atoms with Gasteiger partial charge >= 0.3 is 5.97 Å². The molecule has 1 fully saturated rings. The molecule has 0 bridgehead atoms. The molecule has 1 aliphatic carbocycles. The van der Waals surface area contributed by atoms with E-state index in [1.165, 1.54) is 6.42 Å². The molecule has 0 aliphatic heterocycles. The summed E-state index contributed by atoms with van der Waals surface area (Å²) in [6.07, 6.45) is 4.82. The normalized spacial score (nSPS) is 21.1. The Bertz CT molecular complexity index is 257. The highest BCUT2D eigenvalue weighted by molar-refractivity contribution is 5.77. The topological polar surface area (TPSA) is 60.8 Å². The molecule has 0 unspecified atom stereocenters. The number of likely N-dealkylation sites (N-methyl/N-ethyl adjacent to an activating group) is 1. The van der Waals surface area contributed by atoms with Gasteiger partial charge in [-0.25, -0.2) is 0 Å². The van der Waals surface area contributed by atoms with Crippen molar-refractivity contribution in [2.75, 3.05) is 13.6 Å². The van der Waals surface area contributed by atoms with Crippen molar-refractivity contribution in [3.05, 3.63) is 0 Å². The summed E-state index contributed by atoms with van der Waals surface area (Å²) in [5, 5.41) is 19.5. The highest BCUT2D eigenvalue weighted by Gasteiger charge is 2.38. The van der Waals surface area contributed by atoms with Crippen LogP contribution in [0.2, 0.25) is 0 Å². The maximum Gasteiger partial charge on any atom is 0.323 e. The first kappa shape index (κ1) is 13.5. The van der Waals surface area contributed by atoms with Crippen LogP contribution in [0, 0.1) is 0 Å². The van der Waals surface area contributed by atoms with E-state index < -0.39 is 17.1 Å². The van der Waals surface area contributed by atoms with Crippen molar-refractivity contribution in [3.8, 4) is 0 Å². The van der Waals surface area contributed by atoms with E-state index in [4.69, 9.17) is 5.11 Å². The molecule has 1 saturated carbocycles. The molecule has 0 aromatic carbocycles. The summed E-state index contributed by atoms with van der Waals surface area (Å²) in [6.45, 7) is 3.77. The van der Waals surface area contributed by atoms with Gasteiger partial charge in [0.05, 0.1) is 5.60 Å². The van der Waals surface area contributed by atoms with Crippen LogP contribution in [-0.4, -0.2) is 45.8 Å². The molecule has 0 spiro atoms. The number of hydrogen-bond acceptors (Lipinski definition) is 3. The molecule has 4 nitrogen and oxygen atoms in total. The van der Waals surface area contributed by atoms with Gasteiger partial charge in [-0.05, 0) is 33.7 Å². The second-order valence-electron chi connectivity index (χ2n) is 5.51. The van der Waals surface area contributed by atoms with Crippen LogP contribution in [0.1, 0.15) is 46.0 Å². The number of rotatable bonds is 4. The fourth-order valence-corrected chi connectivity index (χ4v) is 2.17. The largest absolute Gasteiger partial charge is 0.480 e. The number of carboxylic acids is 1. The number of β-amino-alcohol motifs (C(OH)–C–C–N with tert-alkyl or cyclic N) is 1. The minimum Gasteiger partial charge on any atom is -0.480 e. The molecule has 0 radical (unpaired) electrons. The summed E-state index contributed by atoms with van der Waals surface area (Å²) in [7, 11) is 1.76. The van der Waals surface area contributed by atoms with Gasteiger partial charge in [0.1, 0.15) is 5.54 Å². The minimum atomic E-state index is -0.923. The molecule has 0 amide bonds. The number of hydrogen-bond donors (Lipinski definition) is 2. The molecule has 4 heteroatoms. The van der Waals surface area contributed by atoms with E-state index in [0.717, 1.165) is 25.7 Å². The minimum absolute atomic E-state index is 0.437. The van der Waals surface area contributed by atoms with Gasteiger partial charge in [0.15, 0.2) is 0 Å². The zero-order valence-electron chi connectivity index (χ0n) is 10.5. The number of carbonyl (C=O) groups is 1. The number of aliphatic hydroxyl groups is 1. The van der Waals surface area contributed by atoms with Crippen LogP contribution >= 0.6 is 0 Å². The molecular weight excluding hydrogens is 206 g/mol. The Balaban J connectivity index is 2.62. The van der Waals surface area contributed by atoms with Crippen LogP contribution in [-0.2, 0) is 4.79 Å². The molecule has 94 valence electrons. The Morgan fingerprint density at radius 2 is 1.81 bits per heavy atom. The lowest BCUT2D eigenvalue weighted by molar-refractivity contribution is -0.150. The van der Waals surface area contributed by atoms with Crippen LogP contribution in [0.3, 0.4) is 0 Å². The lowest BCUT2D eigenvalue weighted by atomic mass is 9.83. The maximum atomic E-state index is 11.1. The maximum absolute atomic E-state index is 11.1.